The molecule has 0 aliphatic heterocycles. The molecule has 0 heterocycles. The molecule has 0 atom stereocenters. The van der Waals surface area contributed by atoms with E-state index in [0.29, 0.717) is 22.7 Å². The number of carbonyl (C=O) groups excluding carboxylic acids is 1. The molecule has 0 fully saturated rings. The van der Waals surface area contributed by atoms with Crippen LogP contribution in [0.4, 0.5) is 11.4 Å². The normalized spacial score (nSPS) is 11.0. The predicted octanol–water partition coefficient (Wildman–Crippen LogP) is 4.08. The number of amides is 1. The third-order valence-corrected chi connectivity index (χ3v) is 6.29. The maximum absolute atomic E-state index is 12.8. The third kappa shape index (κ3) is 4.57. The quantitative estimate of drug-likeness (QED) is 0.664. The number of nitrogens with one attached hydrogen (secondary N) is 1. The van der Waals surface area contributed by atoms with Gasteiger partial charge in [-0.3, -0.25) is 9.10 Å². The second-order valence-corrected chi connectivity index (χ2v) is 8.49. The Hall–Kier alpha value is -3.32. The Morgan fingerprint density at radius 3 is 2.21 bits per heavy atom. The van der Waals surface area contributed by atoms with Crippen LogP contribution in [0.1, 0.15) is 15.9 Å². The highest BCUT2D eigenvalue weighted by molar-refractivity contribution is 7.92. The molecular weight excluding hydrogens is 388 g/mol. The van der Waals surface area contributed by atoms with Gasteiger partial charge in [-0.25, -0.2) is 8.42 Å². The van der Waals surface area contributed by atoms with E-state index in [1.807, 2.05) is 31.2 Å². The molecule has 0 saturated carbocycles. The fourth-order valence-corrected chi connectivity index (χ4v) is 3.99. The van der Waals surface area contributed by atoms with Gasteiger partial charge in [0.1, 0.15) is 5.75 Å². The summed E-state index contributed by atoms with van der Waals surface area (Å²) in [4.78, 5) is 12.6. The Balaban J connectivity index is 1.76. The molecule has 0 bridgehead atoms. The van der Waals surface area contributed by atoms with Crippen LogP contribution in [0.25, 0.3) is 0 Å². The minimum atomic E-state index is -3.73. The smallest absolute Gasteiger partial charge is 0.264 e. The van der Waals surface area contributed by atoms with Crippen molar-refractivity contribution < 1.29 is 17.9 Å². The second kappa shape index (κ2) is 8.36. The van der Waals surface area contributed by atoms with Gasteiger partial charge < -0.3 is 10.1 Å². The number of hydrogen-bond donors (Lipinski definition) is 1. The molecule has 3 rings (SSSR count). The van der Waals surface area contributed by atoms with E-state index >= 15 is 0 Å². The number of benzene rings is 3. The Bertz CT molecular complexity index is 1110. The van der Waals surface area contributed by atoms with Crippen LogP contribution in [0, 0.1) is 6.92 Å². The monoisotopic (exact) mass is 410 g/mol. The van der Waals surface area contributed by atoms with Gasteiger partial charge >= 0.3 is 0 Å². The number of hydrogen-bond acceptors (Lipinski definition) is 4. The van der Waals surface area contributed by atoms with Gasteiger partial charge in [0.15, 0.2) is 0 Å². The number of aryl methyl sites for hydroxylation is 1. The Labute approximate surface area is 170 Å². The number of methoxy groups -OCH3 is 1. The van der Waals surface area contributed by atoms with Crippen LogP contribution in [0.2, 0.25) is 0 Å². The van der Waals surface area contributed by atoms with Crippen LogP contribution in [0.15, 0.2) is 77.7 Å². The molecular formula is C22H22N2O4S. The SMILES string of the molecule is COc1ccc(S(=O)(=O)N(C)c2ccc(C(=O)Nc3cccc(C)c3)cc2)cc1. The van der Waals surface area contributed by atoms with E-state index in [0.717, 1.165) is 5.56 Å². The number of carbonyl (C=O) groups is 1. The van der Waals surface area contributed by atoms with E-state index in [9.17, 15) is 13.2 Å². The van der Waals surface area contributed by atoms with Crippen LogP contribution in [-0.2, 0) is 10.0 Å². The van der Waals surface area contributed by atoms with Crippen molar-refractivity contribution in [3.8, 4) is 5.75 Å². The molecule has 7 heteroatoms. The molecule has 3 aromatic rings. The van der Waals surface area contributed by atoms with E-state index in [-0.39, 0.29) is 10.8 Å². The van der Waals surface area contributed by atoms with Crippen LogP contribution in [0.5, 0.6) is 5.75 Å². The first kappa shape index (κ1) is 20.4. The van der Waals surface area contributed by atoms with Gasteiger partial charge in [-0.05, 0) is 73.2 Å². The van der Waals surface area contributed by atoms with Gasteiger partial charge in [-0.15, -0.1) is 0 Å². The van der Waals surface area contributed by atoms with Crippen LogP contribution in [-0.4, -0.2) is 28.5 Å². The first-order valence-corrected chi connectivity index (χ1v) is 10.4. The molecule has 0 saturated heterocycles. The molecule has 1 N–H and O–H groups in total. The number of anilines is 2. The highest BCUT2D eigenvalue weighted by Crippen LogP contribution is 2.24. The predicted molar refractivity (Wildman–Crippen MR) is 114 cm³/mol. The van der Waals surface area contributed by atoms with E-state index in [1.54, 1.807) is 36.4 Å². The van der Waals surface area contributed by atoms with Crippen molar-refractivity contribution in [2.75, 3.05) is 23.8 Å². The molecule has 0 radical (unpaired) electrons. The molecule has 6 nitrogen and oxygen atoms in total. The highest BCUT2D eigenvalue weighted by Gasteiger charge is 2.21. The first-order chi connectivity index (χ1) is 13.8. The van der Waals surface area contributed by atoms with Crippen molar-refractivity contribution >= 4 is 27.3 Å². The van der Waals surface area contributed by atoms with Crippen molar-refractivity contribution in [3.05, 3.63) is 83.9 Å². The van der Waals surface area contributed by atoms with Crippen LogP contribution in [0.3, 0.4) is 0 Å². The molecule has 1 amide bonds. The Morgan fingerprint density at radius 1 is 0.966 bits per heavy atom. The summed E-state index contributed by atoms with van der Waals surface area (Å²) in [5.74, 6) is 0.318. The fraction of sp³-hybridized carbons (Fsp3) is 0.136. The molecule has 29 heavy (non-hydrogen) atoms. The summed E-state index contributed by atoms with van der Waals surface area (Å²) < 4.78 is 31.9. The maximum atomic E-state index is 12.8. The van der Waals surface area contributed by atoms with Gasteiger partial charge in [0.2, 0.25) is 0 Å². The maximum Gasteiger partial charge on any atom is 0.264 e. The average Bonchev–Trinajstić information content (AvgIpc) is 2.73. The molecule has 0 spiro atoms. The number of ether oxygens (including phenoxy) is 1. The molecule has 0 aromatic heterocycles. The Kier molecular flexibility index (Phi) is 5.89. The minimum absolute atomic E-state index is 0.155. The zero-order valence-electron chi connectivity index (χ0n) is 16.4. The van der Waals surface area contributed by atoms with Crippen molar-refractivity contribution in [2.24, 2.45) is 0 Å². The molecule has 0 aliphatic rings. The summed E-state index contributed by atoms with van der Waals surface area (Å²) in [6.07, 6.45) is 0. The number of nitrogens with zero attached hydrogens (tertiary/aromatic N) is 1. The summed E-state index contributed by atoms with van der Waals surface area (Å²) in [6.45, 7) is 1.95. The zero-order chi connectivity index (χ0) is 21.0. The summed E-state index contributed by atoms with van der Waals surface area (Å²) in [6, 6.07) is 20.1. The lowest BCUT2D eigenvalue weighted by Crippen LogP contribution is -2.26. The van der Waals surface area contributed by atoms with Gasteiger partial charge in [0, 0.05) is 18.3 Å². The largest absolute Gasteiger partial charge is 0.497 e. The van der Waals surface area contributed by atoms with Crippen molar-refractivity contribution in [1.29, 1.82) is 0 Å². The molecule has 0 unspecified atom stereocenters. The van der Waals surface area contributed by atoms with Gasteiger partial charge in [0.25, 0.3) is 15.9 Å². The second-order valence-electron chi connectivity index (χ2n) is 6.52. The number of sulfonamides is 1. The van der Waals surface area contributed by atoms with Crippen molar-refractivity contribution in [1.82, 2.24) is 0 Å². The molecule has 3 aromatic carbocycles. The van der Waals surface area contributed by atoms with Crippen molar-refractivity contribution in [2.45, 2.75) is 11.8 Å². The summed E-state index contributed by atoms with van der Waals surface area (Å²) in [7, 11) is -0.732. The Morgan fingerprint density at radius 2 is 1.62 bits per heavy atom. The molecule has 150 valence electrons. The standard InChI is InChI=1S/C22H22N2O4S/c1-16-5-4-6-18(15-16)23-22(25)17-7-9-19(10-8-17)24(2)29(26,27)21-13-11-20(28-3)12-14-21/h4-15H,1-3H3,(H,23,25). The van der Waals surface area contributed by atoms with E-state index in [1.165, 1.54) is 30.6 Å². The number of rotatable bonds is 6. The van der Waals surface area contributed by atoms with Gasteiger partial charge in [-0.1, -0.05) is 12.1 Å². The lowest BCUT2D eigenvalue weighted by atomic mass is 10.1. The summed E-state index contributed by atoms with van der Waals surface area (Å²) in [5.41, 5.74) is 2.64. The molecule has 0 aliphatic carbocycles. The zero-order valence-corrected chi connectivity index (χ0v) is 17.2. The lowest BCUT2D eigenvalue weighted by Gasteiger charge is -2.20. The summed E-state index contributed by atoms with van der Waals surface area (Å²) >= 11 is 0. The lowest BCUT2D eigenvalue weighted by molar-refractivity contribution is 0.102. The highest BCUT2D eigenvalue weighted by atomic mass is 32.2. The van der Waals surface area contributed by atoms with E-state index in [4.69, 9.17) is 4.74 Å². The van der Waals surface area contributed by atoms with E-state index in [2.05, 4.69) is 5.32 Å². The van der Waals surface area contributed by atoms with E-state index < -0.39 is 10.0 Å². The van der Waals surface area contributed by atoms with Crippen LogP contribution < -0.4 is 14.4 Å². The van der Waals surface area contributed by atoms with Crippen molar-refractivity contribution in [3.63, 3.8) is 0 Å². The third-order valence-electron chi connectivity index (χ3n) is 4.49. The summed E-state index contributed by atoms with van der Waals surface area (Å²) in [5, 5.41) is 2.83. The van der Waals surface area contributed by atoms with Gasteiger partial charge in [0.05, 0.1) is 17.7 Å². The fourth-order valence-electron chi connectivity index (χ4n) is 2.79. The van der Waals surface area contributed by atoms with Gasteiger partial charge in [-0.2, -0.15) is 0 Å². The van der Waals surface area contributed by atoms with Crippen LogP contribution >= 0.6 is 0 Å². The minimum Gasteiger partial charge on any atom is -0.497 e. The topological polar surface area (TPSA) is 75.7 Å². The average molecular weight is 410 g/mol. The first-order valence-electron chi connectivity index (χ1n) is 8.92.